The van der Waals surface area contributed by atoms with Gasteiger partial charge in [0.05, 0.1) is 12.7 Å². The highest BCUT2D eigenvalue weighted by Crippen LogP contribution is 2.27. The number of ether oxygens (including phenoxy) is 2. The number of benzene rings is 1. The highest BCUT2D eigenvalue weighted by atomic mass is 16.5. The van der Waals surface area contributed by atoms with Crippen LogP contribution in [-0.4, -0.2) is 23.8 Å². The molecule has 0 aliphatic heterocycles. The Morgan fingerprint density at radius 2 is 2.20 bits per heavy atom. The largest absolute Gasteiger partial charge is 0.504 e. The van der Waals surface area contributed by atoms with Gasteiger partial charge in [0.25, 0.3) is 0 Å². The van der Waals surface area contributed by atoms with E-state index < -0.39 is 5.97 Å². The van der Waals surface area contributed by atoms with Crippen molar-refractivity contribution in [3.05, 3.63) is 29.3 Å². The topological polar surface area (TPSA) is 79.5 Å². The summed E-state index contributed by atoms with van der Waals surface area (Å²) in [6, 6.07) is 6.38. The van der Waals surface area contributed by atoms with E-state index in [0.29, 0.717) is 17.9 Å². The van der Waals surface area contributed by atoms with Crippen molar-refractivity contribution >= 4 is 12.0 Å². The van der Waals surface area contributed by atoms with E-state index in [1.54, 1.807) is 39.0 Å². The monoisotopic (exact) mass is 275 g/mol. The molecule has 0 aromatic heterocycles. The lowest BCUT2D eigenvalue weighted by Crippen LogP contribution is -2.12. The van der Waals surface area contributed by atoms with Crippen LogP contribution in [0.3, 0.4) is 0 Å². The van der Waals surface area contributed by atoms with Gasteiger partial charge in [-0.3, -0.25) is 0 Å². The second-order valence-corrected chi connectivity index (χ2v) is 4.28. The van der Waals surface area contributed by atoms with Gasteiger partial charge >= 0.3 is 5.97 Å². The van der Waals surface area contributed by atoms with E-state index in [2.05, 4.69) is 0 Å². The summed E-state index contributed by atoms with van der Waals surface area (Å²) in [5, 5.41) is 18.6. The number of hydrogen-bond acceptors (Lipinski definition) is 5. The SMILES string of the molecule is CCOc1cc(/C=C(\C#N)C(=O)OC(C)C)ccc1O. The van der Waals surface area contributed by atoms with Crippen LogP contribution in [0.25, 0.3) is 6.08 Å². The minimum Gasteiger partial charge on any atom is -0.504 e. The minimum atomic E-state index is -0.673. The number of nitrogens with zero attached hydrogens (tertiary/aromatic N) is 1. The van der Waals surface area contributed by atoms with Crippen molar-refractivity contribution in [2.75, 3.05) is 6.61 Å². The zero-order valence-electron chi connectivity index (χ0n) is 11.7. The number of phenols is 1. The number of nitriles is 1. The first-order valence-corrected chi connectivity index (χ1v) is 6.26. The second kappa shape index (κ2) is 7.19. The Balaban J connectivity index is 3.04. The fourth-order valence-electron chi connectivity index (χ4n) is 1.47. The van der Waals surface area contributed by atoms with Crippen LogP contribution in [0, 0.1) is 11.3 Å². The fraction of sp³-hybridized carbons (Fsp3) is 0.333. The van der Waals surface area contributed by atoms with Crippen LogP contribution in [-0.2, 0) is 9.53 Å². The molecule has 0 aliphatic rings. The molecule has 5 heteroatoms. The van der Waals surface area contributed by atoms with Crippen LogP contribution in [0.5, 0.6) is 11.5 Å². The van der Waals surface area contributed by atoms with E-state index in [0.717, 1.165) is 0 Å². The Morgan fingerprint density at radius 1 is 1.50 bits per heavy atom. The summed E-state index contributed by atoms with van der Waals surface area (Å²) in [7, 11) is 0. The number of rotatable bonds is 5. The quantitative estimate of drug-likeness (QED) is 0.507. The summed E-state index contributed by atoms with van der Waals surface area (Å²) in [6.07, 6.45) is 1.10. The maximum atomic E-state index is 11.7. The maximum absolute atomic E-state index is 11.7. The van der Waals surface area contributed by atoms with Crippen LogP contribution in [0.1, 0.15) is 26.3 Å². The van der Waals surface area contributed by atoms with Crippen molar-refractivity contribution in [2.24, 2.45) is 0 Å². The first kappa shape index (κ1) is 15.6. The van der Waals surface area contributed by atoms with Crippen molar-refractivity contribution in [3.63, 3.8) is 0 Å². The normalized spacial score (nSPS) is 11.1. The molecule has 1 aromatic rings. The highest BCUT2D eigenvalue weighted by Gasteiger charge is 2.13. The molecule has 0 bridgehead atoms. The van der Waals surface area contributed by atoms with Crippen molar-refractivity contribution in [2.45, 2.75) is 26.9 Å². The van der Waals surface area contributed by atoms with Crippen LogP contribution >= 0.6 is 0 Å². The number of phenolic OH excluding ortho intramolecular Hbond substituents is 1. The standard InChI is InChI=1S/C15H17NO4/c1-4-19-14-8-11(5-6-13(14)17)7-12(9-16)15(18)20-10(2)3/h5-8,10,17H,4H2,1-3H3/b12-7+. The van der Waals surface area contributed by atoms with Crippen LogP contribution in [0.15, 0.2) is 23.8 Å². The molecular formula is C15H17NO4. The Hall–Kier alpha value is -2.48. The number of hydrogen-bond donors (Lipinski definition) is 1. The lowest BCUT2D eigenvalue weighted by Gasteiger charge is -2.08. The van der Waals surface area contributed by atoms with E-state index >= 15 is 0 Å². The van der Waals surface area contributed by atoms with Gasteiger partial charge in [-0.05, 0) is 44.5 Å². The van der Waals surface area contributed by atoms with Gasteiger partial charge in [0.15, 0.2) is 11.5 Å². The molecule has 0 radical (unpaired) electrons. The van der Waals surface area contributed by atoms with Crippen LogP contribution < -0.4 is 4.74 Å². The van der Waals surface area contributed by atoms with Crippen molar-refractivity contribution in [1.29, 1.82) is 5.26 Å². The third kappa shape index (κ3) is 4.32. The third-order valence-corrected chi connectivity index (χ3v) is 2.28. The number of aromatic hydroxyl groups is 1. The van der Waals surface area contributed by atoms with Crippen molar-refractivity contribution in [3.8, 4) is 17.6 Å². The van der Waals surface area contributed by atoms with Gasteiger partial charge in [0.1, 0.15) is 11.6 Å². The van der Waals surface area contributed by atoms with Gasteiger partial charge in [-0.25, -0.2) is 4.79 Å². The molecule has 0 fully saturated rings. The third-order valence-electron chi connectivity index (χ3n) is 2.28. The van der Waals surface area contributed by atoms with Crippen LogP contribution in [0.4, 0.5) is 0 Å². The molecular weight excluding hydrogens is 258 g/mol. The lowest BCUT2D eigenvalue weighted by atomic mass is 10.1. The number of carbonyl (C=O) groups is 1. The lowest BCUT2D eigenvalue weighted by molar-refractivity contribution is -0.142. The molecule has 0 aliphatic carbocycles. The first-order valence-electron chi connectivity index (χ1n) is 6.26. The molecule has 0 saturated carbocycles. The molecule has 0 heterocycles. The Kier molecular flexibility index (Phi) is 5.60. The molecule has 0 amide bonds. The molecule has 20 heavy (non-hydrogen) atoms. The number of carbonyl (C=O) groups excluding carboxylic acids is 1. The molecule has 0 atom stereocenters. The average Bonchev–Trinajstić information content (AvgIpc) is 2.38. The molecule has 1 rings (SSSR count). The highest BCUT2D eigenvalue weighted by molar-refractivity contribution is 5.98. The van der Waals surface area contributed by atoms with Gasteiger partial charge in [-0.15, -0.1) is 0 Å². The summed E-state index contributed by atoms with van der Waals surface area (Å²) < 4.78 is 10.2. The van der Waals surface area contributed by atoms with Gasteiger partial charge in [0.2, 0.25) is 0 Å². The fourth-order valence-corrected chi connectivity index (χ4v) is 1.47. The summed E-state index contributed by atoms with van der Waals surface area (Å²) in [6.45, 7) is 5.62. The smallest absolute Gasteiger partial charge is 0.349 e. The molecule has 0 saturated heterocycles. The van der Waals surface area contributed by atoms with E-state index in [9.17, 15) is 9.90 Å². The Labute approximate surface area is 118 Å². The van der Waals surface area contributed by atoms with Crippen molar-refractivity contribution in [1.82, 2.24) is 0 Å². The Bertz CT molecular complexity index is 555. The minimum absolute atomic E-state index is 0.00673. The molecule has 1 N–H and O–H groups in total. The van der Waals surface area contributed by atoms with E-state index in [4.69, 9.17) is 14.7 Å². The second-order valence-electron chi connectivity index (χ2n) is 4.28. The molecule has 0 spiro atoms. The van der Waals surface area contributed by atoms with Gasteiger partial charge in [-0.2, -0.15) is 5.26 Å². The van der Waals surface area contributed by atoms with Gasteiger partial charge in [-0.1, -0.05) is 6.07 Å². The average molecular weight is 275 g/mol. The van der Waals surface area contributed by atoms with E-state index in [1.807, 2.05) is 0 Å². The molecule has 1 aromatic carbocycles. The summed E-state index contributed by atoms with van der Waals surface area (Å²) in [5.41, 5.74) is 0.468. The molecule has 5 nitrogen and oxygen atoms in total. The maximum Gasteiger partial charge on any atom is 0.349 e. The summed E-state index contributed by atoms with van der Waals surface area (Å²) >= 11 is 0. The summed E-state index contributed by atoms with van der Waals surface area (Å²) in [4.78, 5) is 11.7. The van der Waals surface area contributed by atoms with E-state index in [-0.39, 0.29) is 17.4 Å². The van der Waals surface area contributed by atoms with Gasteiger partial charge in [0, 0.05) is 0 Å². The Morgan fingerprint density at radius 3 is 2.75 bits per heavy atom. The summed E-state index contributed by atoms with van der Waals surface area (Å²) in [5.74, 6) is -0.364. The molecule has 106 valence electrons. The number of esters is 1. The van der Waals surface area contributed by atoms with Crippen LogP contribution in [0.2, 0.25) is 0 Å². The van der Waals surface area contributed by atoms with E-state index in [1.165, 1.54) is 12.1 Å². The molecule has 0 unspecified atom stereocenters. The predicted molar refractivity (Wildman–Crippen MR) is 74.1 cm³/mol. The zero-order chi connectivity index (χ0) is 15.1. The zero-order valence-corrected chi connectivity index (χ0v) is 11.7. The predicted octanol–water partition coefficient (Wildman–Crippen LogP) is 2.65. The van der Waals surface area contributed by atoms with Crippen molar-refractivity contribution < 1.29 is 19.4 Å². The first-order chi connectivity index (χ1) is 9.47. The van der Waals surface area contributed by atoms with Gasteiger partial charge < -0.3 is 14.6 Å².